The molecular weight excluding hydrogens is 313 g/mol. The Hall–Kier alpha value is -1.98. The Labute approximate surface area is 132 Å². The van der Waals surface area contributed by atoms with Crippen molar-refractivity contribution in [3.8, 4) is 5.75 Å². The van der Waals surface area contributed by atoms with Gasteiger partial charge in [-0.3, -0.25) is 4.79 Å². The lowest BCUT2D eigenvalue weighted by Gasteiger charge is -2.10. The van der Waals surface area contributed by atoms with Crippen molar-refractivity contribution < 1.29 is 9.53 Å². The monoisotopic (exact) mass is 325 g/mol. The van der Waals surface area contributed by atoms with Gasteiger partial charge in [0.25, 0.3) is 5.91 Å². The molecule has 5 nitrogen and oxygen atoms in total. The van der Waals surface area contributed by atoms with Crippen molar-refractivity contribution >= 4 is 40.6 Å². The van der Waals surface area contributed by atoms with Gasteiger partial charge in [-0.15, -0.1) is 0 Å². The van der Waals surface area contributed by atoms with E-state index in [0.717, 1.165) is 0 Å². The maximum Gasteiger partial charge on any atom is 0.262 e. The smallest absolute Gasteiger partial charge is 0.262 e. The van der Waals surface area contributed by atoms with Gasteiger partial charge in [-0.2, -0.15) is 0 Å². The molecule has 1 amide bonds. The zero-order chi connectivity index (χ0) is 15.4. The lowest BCUT2D eigenvalue weighted by molar-refractivity contribution is -0.118. The average Bonchev–Trinajstić information content (AvgIpc) is 2.41. The summed E-state index contributed by atoms with van der Waals surface area (Å²) in [5, 5.41) is 3.54. The molecule has 1 heterocycles. The molecule has 2 rings (SSSR count). The number of pyridine rings is 1. The number of carbonyl (C=O) groups excluding carboxylic acids is 1. The molecular formula is C14H13Cl2N3O2. The van der Waals surface area contributed by atoms with Gasteiger partial charge in [0.15, 0.2) is 6.61 Å². The standard InChI is InChI=1S/C14H13Cl2N3O2/c1-8-11(3-5-13(17)18-8)19-14(20)7-21-12-4-2-9(15)6-10(12)16/h2-6H,7H2,1H3,(H2,17,18)(H,19,20). The van der Waals surface area contributed by atoms with Gasteiger partial charge in [0, 0.05) is 5.02 Å². The second kappa shape index (κ2) is 6.65. The SMILES string of the molecule is Cc1nc(N)ccc1NC(=O)COc1ccc(Cl)cc1Cl. The zero-order valence-corrected chi connectivity index (χ0v) is 12.7. The highest BCUT2D eigenvalue weighted by molar-refractivity contribution is 6.35. The van der Waals surface area contributed by atoms with Crippen molar-refractivity contribution in [3.05, 3.63) is 46.1 Å². The summed E-state index contributed by atoms with van der Waals surface area (Å²) in [5.41, 5.74) is 6.76. The minimum Gasteiger partial charge on any atom is -0.482 e. The molecule has 0 unspecified atom stereocenters. The van der Waals surface area contributed by atoms with Crippen molar-refractivity contribution in [2.75, 3.05) is 17.7 Å². The van der Waals surface area contributed by atoms with Crippen LogP contribution in [0.3, 0.4) is 0 Å². The Bertz CT molecular complexity index is 677. The van der Waals surface area contributed by atoms with E-state index < -0.39 is 0 Å². The maximum atomic E-state index is 11.8. The van der Waals surface area contributed by atoms with Crippen LogP contribution in [0.15, 0.2) is 30.3 Å². The number of hydrogen-bond acceptors (Lipinski definition) is 4. The van der Waals surface area contributed by atoms with Crippen LogP contribution in [0.25, 0.3) is 0 Å². The Kier molecular flexibility index (Phi) is 4.88. The molecule has 2 aromatic rings. The molecule has 0 aliphatic heterocycles. The van der Waals surface area contributed by atoms with Crippen molar-refractivity contribution in [2.24, 2.45) is 0 Å². The van der Waals surface area contributed by atoms with E-state index in [1.807, 2.05) is 0 Å². The first-order chi connectivity index (χ1) is 9.95. The third kappa shape index (κ3) is 4.24. The van der Waals surface area contributed by atoms with Crippen molar-refractivity contribution in [1.29, 1.82) is 0 Å². The van der Waals surface area contributed by atoms with Crippen molar-refractivity contribution in [2.45, 2.75) is 6.92 Å². The molecule has 0 fully saturated rings. The van der Waals surface area contributed by atoms with Crippen LogP contribution >= 0.6 is 23.2 Å². The van der Waals surface area contributed by atoms with Crippen LogP contribution in [0.2, 0.25) is 10.0 Å². The van der Waals surface area contributed by atoms with E-state index in [9.17, 15) is 4.79 Å². The highest BCUT2D eigenvalue weighted by atomic mass is 35.5. The summed E-state index contributed by atoms with van der Waals surface area (Å²) < 4.78 is 5.34. The van der Waals surface area contributed by atoms with Gasteiger partial charge in [0.1, 0.15) is 11.6 Å². The van der Waals surface area contributed by atoms with Crippen LogP contribution in [0.1, 0.15) is 5.69 Å². The normalized spacial score (nSPS) is 10.2. The quantitative estimate of drug-likeness (QED) is 0.904. The summed E-state index contributed by atoms with van der Waals surface area (Å²) >= 11 is 11.7. The molecule has 21 heavy (non-hydrogen) atoms. The number of carbonyl (C=O) groups is 1. The minimum atomic E-state index is -0.323. The van der Waals surface area contributed by atoms with Gasteiger partial charge in [-0.1, -0.05) is 23.2 Å². The second-order valence-corrected chi connectivity index (χ2v) is 5.12. The first-order valence-electron chi connectivity index (χ1n) is 6.06. The number of rotatable bonds is 4. The number of amides is 1. The van der Waals surface area contributed by atoms with Crippen LogP contribution in [0.4, 0.5) is 11.5 Å². The number of hydrogen-bond donors (Lipinski definition) is 2. The lowest BCUT2D eigenvalue weighted by atomic mass is 10.3. The Balaban J connectivity index is 1.96. The van der Waals surface area contributed by atoms with Crippen molar-refractivity contribution in [1.82, 2.24) is 4.98 Å². The number of anilines is 2. The number of halogens is 2. The van der Waals surface area contributed by atoms with E-state index in [2.05, 4.69) is 10.3 Å². The van der Waals surface area contributed by atoms with Crippen LogP contribution in [-0.2, 0) is 4.79 Å². The van der Waals surface area contributed by atoms with E-state index in [1.165, 1.54) is 0 Å². The molecule has 0 bridgehead atoms. The molecule has 0 radical (unpaired) electrons. The average molecular weight is 326 g/mol. The van der Waals surface area contributed by atoms with Crippen LogP contribution in [-0.4, -0.2) is 17.5 Å². The number of nitrogens with one attached hydrogen (secondary N) is 1. The summed E-state index contributed by atoms with van der Waals surface area (Å²) in [6, 6.07) is 8.08. The second-order valence-electron chi connectivity index (χ2n) is 4.28. The number of aromatic nitrogens is 1. The van der Waals surface area contributed by atoms with E-state index in [4.69, 9.17) is 33.7 Å². The number of nitrogens with zero attached hydrogens (tertiary/aromatic N) is 1. The van der Waals surface area contributed by atoms with Crippen LogP contribution < -0.4 is 15.8 Å². The highest BCUT2D eigenvalue weighted by Gasteiger charge is 2.09. The third-order valence-corrected chi connectivity index (χ3v) is 3.16. The van der Waals surface area contributed by atoms with Gasteiger partial charge < -0.3 is 15.8 Å². The minimum absolute atomic E-state index is 0.175. The molecule has 0 saturated carbocycles. The topological polar surface area (TPSA) is 77.2 Å². The van der Waals surface area contributed by atoms with Gasteiger partial charge in [-0.05, 0) is 37.3 Å². The molecule has 0 aliphatic rings. The molecule has 1 aromatic heterocycles. The molecule has 0 aliphatic carbocycles. The number of nitrogen functional groups attached to an aromatic ring is 1. The fourth-order valence-electron chi connectivity index (χ4n) is 1.63. The maximum absolute atomic E-state index is 11.8. The fraction of sp³-hybridized carbons (Fsp3) is 0.143. The summed E-state index contributed by atoms with van der Waals surface area (Å²) in [6.45, 7) is 1.58. The third-order valence-electron chi connectivity index (χ3n) is 2.63. The van der Waals surface area contributed by atoms with Crippen LogP contribution in [0, 0.1) is 6.92 Å². The summed E-state index contributed by atoms with van der Waals surface area (Å²) in [6.07, 6.45) is 0. The van der Waals surface area contributed by atoms with Crippen molar-refractivity contribution in [3.63, 3.8) is 0 Å². The lowest BCUT2D eigenvalue weighted by Crippen LogP contribution is -2.21. The molecule has 7 heteroatoms. The molecule has 3 N–H and O–H groups in total. The molecule has 1 aromatic carbocycles. The highest BCUT2D eigenvalue weighted by Crippen LogP contribution is 2.27. The van der Waals surface area contributed by atoms with Gasteiger partial charge in [-0.25, -0.2) is 4.98 Å². The number of nitrogens with two attached hydrogens (primary N) is 1. The van der Waals surface area contributed by atoms with E-state index in [0.29, 0.717) is 33.0 Å². The summed E-state index contributed by atoms with van der Waals surface area (Å²) in [4.78, 5) is 15.9. The van der Waals surface area contributed by atoms with E-state index >= 15 is 0 Å². The van der Waals surface area contributed by atoms with Gasteiger partial charge >= 0.3 is 0 Å². The Morgan fingerprint density at radius 1 is 1.33 bits per heavy atom. The Morgan fingerprint density at radius 3 is 2.76 bits per heavy atom. The van der Waals surface area contributed by atoms with Gasteiger partial charge in [0.05, 0.1) is 16.4 Å². The predicted molar refractivity (Wildman–Crippen MR) is 84.0 cm³/mol. The van der Waals surface area contributed by atoms with E-state index in [-0.39, 0.29) is 12.5 Å². The fourth-order valence-corrected chi connectivity index (χ4v) is 2.10. The first kappa shape index (κ1) is 15.4. The molecule has 110 valence electrons. The molecule has 0 atom stereocenters. The van der Waals surface area contributed by atoms with E-state index in [1.54, 1.807) is 37.3 Å². The van der Waals surface area contributed by atoms with Gasteiger partial charge in [0.2, 0.25) is 0 Å². The summed E-state index contributed by atoms with van der Waals surface area (Å²) in [7, 11) is 0. The Morgan fingerprint density at radius 2 is 2.10 bits per heavy atom. The molecule has 0 spiro atoms. The first-order valence-corrected chi connectivity index (χ1v) is 6.82. The number of aryl methyl sites for hydroxylation is 1. The largest absolute Gasteiger partial charge is 0.482 e. The zero-order valence-electron chi connectivity index (χ0n) is 11.2. The predicted octanol–water partition coefficient (Wildman–Crippen LogP) is 3.30. The summed E-state index contributed by atoms with van der Waals surface area (Å²) in [5.74, 6) is 0.466. The molecule has 0 saturated heterocycles. The van der Waals surface area contributed by atoms with Crippen LogP contribution in [0.5, 0.6) is 5.75 Å². The number of benzene rings is 1. The number of ether oxygens (including phenoxy) is 1.